The molecular formula is C47H90O6. The Balaban J connectivity index is 4.03. The minimum Gasteiger partial charge on any atom is -0.462 e. The van der Waals surface area contributed by atoms with E-state index in [9.17, 15) is 14.4 Å². The van der Waals surface area contributed by atoms with E-state index in [1.54, 1.807) is 0 Å². The molecule has 1 atom stereocenters. The predicted octanol–water partition coefficient (Wildman–Crippen LogP) is 14.7. The van der Waals surface area contributed by atoms with Crippen molar-refractivity contribution >= 4 is 17.9 Å². The standard InChI is InChI=1S/C47H90O6/c1-5-7-9-11-25-30-34-38-45(48)51-41-44(53-47(50)40-36-32-26-12-10-8-6-2)42-52-46(49)39-35-31-28-24-22-20-18-16-14-13-15-17-19-21-23-27-29-33-37-43(3)4/h43-44H,5-42H2,1-4H3/t44-/m1/s1. The molecule has 53 heavy (non-hydrogen) atoms. The molecule has 0 aliphatic rings. The van der Waals surface area contributed by atoms with Crippen molar-refractivity contribution in [2.45, 2.75) is 265 Å². The molecule has 0 saturated heterocycles. The average Bonchev–Trinajstić information content (AvgIpc) is 3.14. The fourth-order valence-electron chi connectivity index (χ4n) is 6.98. The molecule has 6 heteroatoms. The predicted molar refractivity (Wildman–Crippen MR) is 224 cm³/mol. The van der Waals surface area contributed by atoms with Gasteiger partial charge in [-0.1, -0.05) is 220 Å². The van der Waals surface area contributed by atoms with Crippen molar-refractivity contribution in [3.63, 3.8) is 0 Å². The van der Waals surface area contributed by atoms with E-state index in [1.165, 1.54) is 154 Å². The summed E-state index contributed by atoms with van der Waals surface area (Å²) < 4.78 is 16.6. The molecule has 6 nitrogen and oxygen atoms in total. The molecule has 0 rings (SSSR count). The Morgan fingerprint density at radius 1 is 0.358 bits per heavy atom. The van der Waals surface area contributed by atoms with Gasteiger partial charge in [-0.25, -0.2) is 0 Å². The zero-order chi connectivity index (χ0) is 38.9. The van der Waals surface area contributed by atoms with Gasteiger partial charge in [-0.2, -0.15) is 0 Å². The van der Waals surface area contributed by atoms with Crippen LogP contribution in [0.4, 0.5) is 0 Å². The summed E-state index contributed by atoms with van der Waals surface area (Å²) in [5.41, 5.74) is 0. The molecule has 0 unspecified atom stereocenters. The molecule has 314 valence electrons. The summed E-state index contributed by atoms with van der Waals surface area (Å²) in [6, 6.07) is 0. The lowest BCUT2D eigenvalue weighted by atomic mass is 10.0. The number of rotatable bonds is 42. The highest BCUT2D eigenvalue weighted by Crippen LogP contribution is 2.16. The number of esters is 3. The van der Waals surface area contributed by atoms with Crippen LogP contribution in [-0.2, 0) is 28.6 Å². The van der Waals surface area contributed by atoms with Crippen molar-refractivity contribution in [2.24, 2.45) is 5.92 Å². The largest absolute Gasteiger partial charge is 0.462 e. The normalized spacial score (nSPS) is 11.9. The minimum absolute atomic E-state index is 0.0645. The monoisotopic (exact) mass is 751 g/mol. The van der Waals surface area contributed by atoms with Crippen LogP contribution in [0.1, 0.15) is 259 Å². The highest BCUT2D eigenvalue weighted by atomic mass is 16.6. The van der Waals surface area contributed by atoms with Crippen LogP contribution < -0.4 is 0 Å². The van der Waals surface area contributed by atoms with Gasteiger partial charge < -0.3 is 14.2 Å². The Hall–Kier alpha value is -1.59. The third-order valence-corrected chi connectivity index (χ3v) is 10.5. The van der Waals surface area contributed by atoms with Gasteiger partial charge in [0.05, 0.1) is 0 Å². The van der Waals surface area contributed by atoms with E-state index in [2.05, 4.69) is 27.7 Å². The van der Waals surface area contributed by atoms with E-state index in [0.29, 0.717) is 19.3 Å². The molecule has 0 amide bonds. The summed E-state index contributed by atoms with van der Waals surface area (Å²) in [4.78, 5) is 37.4. The van der Waals surface area contributed by atoms with Crippen molar-refractivity contribution in [1.82, 2.24) is 0 Å². The third kappa shape index (κ3) is 41.4. The van der Waals surface area contributed by atoms with Crippen LogP contribution in [0.5, 0.6) is 0 Å². The summed E-state index contributed by atoms with van der Waals surface area (Å²) in [5, 5.41) is 0. The molecule has 0 aliphatic carbocycles. The van der Waals surface area contributed by atoms with E-state index in [4.69, 9.17) is 14.2 Å². The second-order valence-electron chi connectivity index (χ2n) is 16.5. The van der Waals surface area contributed by atoms with Crippen molar-refractivity contribution in [3.8, 4) is 0 Å². The maximum Gasteiger partial charge on any atom is 0.306 e. The maximum absolute atomic E-state index is 12.6. The first kappa shape index (κ1) is 51.4. The first-order chi connectivity index (χ1) is 25.9. The molecule has 0 fully saturated rings. The Kier molecular flexibility index (Phi) is 40.3. The maximum atomic E-state index is 12.6. The van der Waals surface area contributed by atoms with Gasteiger partial charge in [-0.15, -0.1) is 0 Å². The summed E-state index contributed by atoms with van der Waals surface area (Å²) in [7, 11) is 0. The fourth-order valence-corrected chi connectivity index (χ4v) is 6.98. The summed E-state index contributed by atoms with van der Waals surface area (Å²) in [6.45, 7) is 8.94. The van der Waals surface area contributed by atoms with Crippen LogP contribution >= 0.6 is 0 Å². The van der Waals surface area contributed by atoms with E-state index < -0.39 is 6.10 Å². The molecule has 0 aromatic carbocycles. The van der Waals surface area contributed by atoms with Gasteiger partial charge in [0.15, 0.2) is 6.10 Å². The quantitative estimate of drug-likeness (QED) is 0.0351. The van der Waals surface area contributed by atoms with Crippen molar-refractivity contribution in [2.75, 3.05) is 13.2 Å². The number of unbranched alkanes of at least 4 members (excludes halogenated alkanes) is 29. The number of carbonyl (C=O) groups excluding carboxylic acids is 3. The van der Waals surface area contributed by atoms with Gasteiger partial charge in [0.2, 0.25) is 0 Å². The molecule has 0 aromatic heterocycles. The number of hydrogen-bond acceptors (Lipinski definition) is 6. The summed E-state index contributed by atoms with van der Waals surface area (Å²) in [6.07, 6.45) is 41.2. The lowest BCUT2D eigenvalue weighted by Crippen LogP contribution is -2.30. The van der Waals surface area contributed by atoms with Gasteiger partial charge in [0.1, 0.15) is 13.2 Å². The summed E-state index contributed by atoms with van der Waals surface area (Å²) >= 11 is 0. The molecule has 0 spiro atoms. The molecule has 0 heterocycles. The molecule has 0 aromatic rings. The van der Waals surface area contributed by atoms with E-state index >= 15 is 0 Å². The SMILES string of the molecule is CCCCCCCCCC(=O)OC[C@H](COC(=O)CCCCCCCCCCCCCCCCCCCCC(C)C)OC(=O)CCCCCCCCC. The second-order valence-corrected chi connectivity index (χ2v) is 16.5. The zero-order valence-electron chi connectivity index (χ0n) is 36.0. The van der Waals surface area contributed by atoms with Gasteiger partial charge in [0.25, 0.3) is 0 Å². The second kappa shape index (κ2) is 41.6. The van der Waals surface area contributed by atoms with Crippen LogP contribution in [0.2, 0.25) is 0 Å². The molecule has 0 aliphatic heterocycles. The first-order valence-electron chi connectivity index (χ1n) is 23.4. The van der Waals surface area contributed by atoms with Crippen molar-refractivity contribution < 1.29 is 28.6 Å². The van der Waals surface area contributed by atoms with Gasteiger partial charge >= 0.3 is 17.9 Å². The van der Waals surface area contributed by atoms with Crippen molar-refractivity contribution in [3.05, 3.63) is 0 Å². The van der Waals surface area contributed by atoms with E-state index in [1.807, 2.05) is 0 Å². The third-order valence-electron chi connectivity index (χ3n) is 10.5. The Labute approximate surface area is 329 Å². The van der Waals surface area contributed by atoms with Crippen LogP contribution in [0, 0.1) is 5.92 Å². The smallest absolute Gasteiger partial charge is 0.306 e. The lowest BCUT2D eigenvalue weighted by molar-refractivity contribution is -0.167. The number of ether oxygens (including phenoxy) is 3. The van der Waals surface area contributed by atoms with E-state index in [0.717, 1.165) is 63.7 Å². The fraction of sp³-hybridized carbons (Fsp3) is 0.936. The molecule has 0 radical (unpaired) electrons. The van der Waals surface area contributed by atoms with Crippen LogP contribution in [0.25, 0.3) is 0 Å². The Morgan fingerprint density at radius 3 is 0.925 bits per heavy atom. The van der Waals surface area contributed by atoms with Gasteiger partial charge in [-0.05, 0) is 25.2 Å². The van der Waals surface area contributed by atoms with Crippen molar-refractivity contribution in [1.29, 1.82) is 0 Å². The number of carbonyl (C=O) groups is 3. The zero-order valence-corrected chi connectivity index (χ0v) is 36.0. The van der Waals surface area contributed by atoms with Gasteiger partial charge in [-0.3, -0.25) is 14.4 Å². The van der Waals surface area contributed by atoms with E-state index in [-0.39, 0.29) is 31.1 Å². The minimum atomic E-state index is -0.756. The van der Waals surface area contributed by atoms with Gasteiger partial charge in [0, 0.05) is 19.3 Å². The Morgan fingerprint density at radius 2 is 0.623 bits per heavy atom. The molecular weight excluding hydrogens is 661 g/mol. The molecule has 0 saturated carbocycles. The Bertz CT molecular complexity index is 796. The highest BCUT2D eigenvalue weighted by Gasteiger charge is 2.19. The lowest BCUT2D eigenvalue weighted by Gasteiger charge is -2.18. The van der Waals surface area contributed by atoms with Crippen LogP contribution in [0.3, 0.4) is 0 Å². The summed E-state index contributed by atoms with van der Waals surface area (Å²) in [5.74, 6) is -0.00767. The van der Waals surface area contributed by atoms with Crippen LogP contribution in [0.15, 0.2) is 0 Å². The average molecular weight is 751 g/mol. The van der Waals surface area contributed by atoms with Crippen LogP contribution in [-0.4, -0.2) is 37.2 Å². The topological polar surface area (TPSA) is 78.9 Å². The molecule has 0 N–H and O–H groups in total. The highest BCUT2D eigenvalue weighted by molar-refractivity contribution is 5.71. The number of hydrogen-bond donors (Lipinski definition) is 0. The first-order valence-corrected chi connectivity index (χ1v) is 23.4. The molecule has 0 bridgehead atoms.